The van der Waals surface area contributed by atoms with Crippen LogP contribution in [-0.2, 0) is 6.42 Å². The van der Waals surface area contributed by atoms with Crippen LogP contribution < -0.4 is 5.73 Å². The molecular formula is C17H26INO2. The fourth-order valence-corrected chi connectivity index (χ4v) is 2.44. The van der Waals surface area contributed by atoms with Gasteiger partial charge in [0.1, 0.15) is 0 Å². The number of allylic oxidation sites excluding steroid dienone is 1. The number of hydrogen-bond acceptors (Lipinski definition) is 3. The number of hydrogen-bond donors (Lipinski definition) is 3. The quantitative estimate of drug-likeness (QED) is 0.320. The van der Waals surface area contributed by atoms with E-state index in [0.29, 0.717) is 0 Å². The Balaban J connectivity index is 2.02. The molecule has 1 aromatic carbocycles. The zero-order valence-electron chi connectivity index (χ0n) is 12.4. The minimum Gasteiger partial charge on any atom is -0.395 e. The Bertz CT molecular complexity index is 406. The van der Waals surface area contributed by atoms with Crippen molar-refractivity contribution < 1.29 is 10.2 Å². The van der Waals surface area contributed by atoms with Crippen molar-refractivity contribution in [1.29, 1.82) is 0 Å². The van der Waals surface area contributed by atoms with E-state index in [1.807, 2.05) is 6.08 Å². The van der Waals surface area contributed by atoms with E-state index in [0.717, 1.165) is 19.3 Å². The van der Waals surface area contributed by atoms with Gasteiger partial charge in [-0.25, -0.2) is 0 Å². The molecule has 0 aromatic heterocycles. The standard InChI is InChI=1S/C17H26INO2/c18-15-11-9-14(10-12-15)7-5-3-1-2-4-6-8-17(21)16(19)13-20/h6,8-12,16-17,20-21H,1-5,7,13,19H2/b8-6+/t16-,17+/m0/s1. The third-order valence-corrected chi connectivity index (χ3v) is 4.20. The Morgan fingerprint density at radius 3 is 2.43 bits per heavy atom. The number of benzene rings is 1. The Hall–Kier alpha value is -0.430. The van der Waals surface area contributed by atoms with E-state index < -0.39 is 12.1 Å². The van der Waals surface area contributed by atoms with Gasteiger partial charge >= 0.3 is 0 Å². The summed E-state index contributed by atoms with van der Waals surface area (Å²) in [6.45, 7) is -0.190. The van der Waals surface area contributed by atoms with Gasteiger partial charge in [0.05, 0.1) is 18.8 Å². The highest BCUT2D eigenvalue weighted by atomic mass is 127. The van der Waals surface area contributed by atoms with E-state index in [-0.39, 0.29) is 6.61 Å². The minimum absolute atomic E-state index is 0.190. The maximum atomic E-state index is 9.53. The van der Waals surface area contributed by atoms with Gasteiger partial charge in [0, 0.05) is 3.57 Å². The van der Waals surface area contributed by atoms with Crippen molar-refractivity contribution in [3.05, 3.63) is 45.6 Å². The number of aliphatic hydroxyl groups is 2. The van der Waals surface area contributed by atoms with Crippen molar-refractivity contribution in [3.63, 3.8) is 0 Å². The molecule has 0 heterocycles. The Morgan fingerprint density at radius 2 is 1.76 bits per heavy atom. The first kappa shape index (κ1) is 18.6. The number of unbranched alkanes of at least 4 members (excludes halogenated alkanes) is 4. The number of aliphatic hydroxyl groups excluding tert-OH is 2. The Kier molecular flexibility index (Phi) is 9.91. The van der Waals surface area contributed by atoms with Gasteiger partial charge in [-0.1, -0.05) is 37.1 Å². The fraction of sp³-hybridized carbons (Fsp3) is 0.529. The number of nitrogens with two attached hydrogens (primary N) is 1. The average molecular weight is 403 g/mol. The molecule has 4 N–H and O–H groups in total. The summed E-state index contributed by atoms with van der Waals surface area (Å²) >= 11 is 2.33. The Labute approximate surface area is 141 Å². The van der Waals surface area contributed by atoms with Crippen LogP contribution in [0.4, 0.5) is 0 Å². The first-order valence-corrected chi connectivity index (χ1v) is 8.67. The third kappa shape index (κ3) is 8.56. The van der Waals surface area contributed by atoms with Crippen LogP contribution in [0.5, 0.6) is 0 Å². The summed E-state index contributed by atoms with van der Waals surface area (Å²) in [5.74, 6) is 0. The fourth-order valence-electron chi connectivity index (χ4n) is 2.08. The molecule has 118 valence electrons. The van der Waals surface area contributed by atoms with Crippen molar-refractivity contribution in [2.45, 2.75) is 50.7 Å². The largest absolute Gasteiger partial charge is 0.395 e. The molecule has 0 bridgehead atoms. The molecular weight excluding hydrogens is 377 g/mol. The van der Waals surface area contributed by atoms with E-state index in [9.17, 15) is 5.11 Å². The lowest BCUT2D eigenvalue weighted by Crippen LogP contribution is -2.36. The van der Waals surface area contributed by atoms with E-state index in [1.54, 1.807) is 6.08 Å². The summed E-state index contributed by atoms with van der Waals surface area (Å²) < 4.78 is 1.28. The number of rotatable bonds is 10. The van der Waals surface area contributed by atoms with E-state index in [2.05, 4.69) is 46.9 Å². The molecule has 0 fully saturated rings. The van der Waals surface area contributed by atoms with Crippen LogP contribution in [0.25, 0.3) is 0 Å². The summed E-state index contributed by atoms with van der Waals surface area (Å²) in [5, 5.41) is 18.3. The van der Waals surface area contributed by atoms with Gasteiger partial charge in [-0.3, -0.25) is 0 Å². The second-order valence-corrected chi connectivity index (χ2v) is 6.59. The van der Waals surface area contributed by atoms with Crippen LogP contribution >= 0.6 is 22.6 Å². The highest BCUT2D eigenvalue weighted by Gasteiger charge is 2.08. The summed E-state index contributed by atoms with van der Waals surface area (Å²) in [6, 6.07) is 8.15. The zero-order chi connectivity index (χ0) is 15.5. The lowest BCUT2D eigenvalue weighted by Gasteiger charge is -2.11. The molecule has 0 spiro atoms. The SMILES string of the molecule is N[C@@H](CO)[C@H](O)/C=C/CCCCCCc1ccc(I)cc1. The predicted molar refractivity (Wildman–Crippen MR) is 96.2 cm³/mol. The summed E-state index contributed by atoms with van der Waals surface area (Å²) in [6.07, 6.45) is 9.81. The highest BCUT2D eigenvalue weighted by molar-refractivity contribution is 14.1. The van der Waals surface area contributed by atoms with Crippen molar-refractivity contribution in [1.82, 2.24) is 0 Å². The second-order valence-electron chi connectivity index (χ2n) is 5.34. The van der Waals surface area contributed by atoms with Gasteiger partial charge in [-0.05, 0) is 66.0 Å². The minimum atomic E-state index is -0.740. The van der Waals surface area contributed by atoms with Crippen molar-refractivity contribution in [2.24, 2.45) is 5.73 Å². The lowest BCUT2D eigenvalue weighted by atomic mass is 10.1. The molecule has 21 heavy (non-hydrogen) atoms. The van der Waals surface area contributed by atoms with Crippen LogP contribution in [0, 0.1) is 3.57 Å². The van der Waals surface area contributed by atoms with Crippen LogP contribution in [-0.4, -0.2) is 29.0 Å². The summed E-state index contributed by atoms with van der Waals surface area (Å²) in [7, 11) is 0. The first-order valence-electron chi connectivity index (χ1n) is 7.59. The zero-order valence-corrected chi connectivity index (χ0v) is 14.6. The van der Waals surface area contributed by atoms with Gasteiger partial charge in [0.15, 0.2) is 0 Å². The van der Waals surface area contributed by atoms with E-state index >= 15 is 0 Å². The number of halogens is 1. The molecule has 4 heteroatoms. The van der Waals surface area contributed by atoms with Crippen LogP contribution in [0.15, 0.2) is 36.4 Å². The molecule has 1 aromatic rings. The predicted octanol–water partition coefficient (Wildman–Crippen LogP) is 3.02. The van der Waals surface area contributed by atoms with Gasteiger partial charge in [0.2, 0.25) is 0 Å². The smallest absolute Gasteiger partial charge is 0.0894 e. The van der Waals surface area contributed by atoms with Crippen molar-refractivity contribution >= 4 is 22.6 Å². The van der Waals surface area contributed by atoms with Gasteiger partial charge < -0.3 is 15.9 Å². The van der Waals surface area contributed by atoms with Crippen molar-refractivity contribution in [2.75, 3.05) is 6.61 Å². The third-order valence-electron chi connectivity index (χ3n) is 3.48. The van der Waals surface area contributed by atoms with Crippen molar-refractivity contribution in [3.8, 4) is 0 Å². The molecule has 0 saturated carbocycles. The molecule has 0 aliphatic rings. The number of aryl methyl sites for hydroxylation is 1. The molecule has 0 amide bonds. The van der Waals surface area contributed by atoms with E-state index in [1.165, 1.54) is 28.4 Å². The second kappa shape index (κ2) is 11.2. The van der Waals surface area contributed by atoms with Gasteiger partial charge in [-0.15, -0.1) is 0 Å². The Morgan fingerprint density at radius 1 is 1.10 bits per heavy atom. The molecule has 1 rings (SSSR count). The molecule has 0 aliphatic heterocycles. The van der Waals surface area contributed by atoms with Crippen LogP contribution in [0.1, 0.15) is 37.7 Å². The van der Waals surface area contributed by atoms with E-state index in [4.69, 9.17) is 10.8 Å². The molecule has 0 aliphatic carbocycles. The molecule has 0 radical (unpaired) electrons. The molecule has 0 saturated heterocycles. The van der Waals surface area contributed by atoms with Crippen LogP contribution in [0.3, 0.4) is 0 Å². The first-order chi connectivity index (χ1) is 10.1. The highest BCUT2D eigenvalue weighted by Crippen LogP contribution is 2.11. The monoisotopic (exact) mass is 403 g/mol. The van der Waals surface area contributed by atoms with Gasteiger partial charge in [0.25, 0.3) is 0 Å². The van der Waals surface area contributed by atoms with Crippen LogP contribution in [0.2, 0.25) is 0 Å². The topological polar surface area (TPSA) is 66.5 Å². The normalized spacial score (nSPS) is 14.5. The maximum absolute atomic E-state index is 9.53. The average Bonchev–Trinajstić information content (AvgIpc) is 2.50. The lowest BCUT2D eigenvalue weighted by molar-refractivity contribution is 0.144. The molecule has 3 nitrogen and oxygen atoms in total. The molecule has 2 atom stereocenters. The summed E-state index contributed by atoms with van der Waals surface area (Å²) in [5.41, 5.74) is 6.92. The van der Waals surface area contributed by atoms with Gasteiger partial charge in [-0.2, -0.15) is 0 Å². The molecule has 0 unspecified atom stereocenters. The summed E-state index contributed by atoms with van der Waals surface area (Å²) in [4.78, 5) is 0. The maximum Gasteiger partial charge on any atom is 0.0894 e.